The Morgan fingerprint density at radius 2 is 1.59 bits per heavy atom. The number of rotatable bonds is 2. The van der Waals surface area contributed by atoms with Crippen molar-refractivity contribution in [2.24, 2.45) is 5.41 Å². The Morgan fingerprint density at radius 1 is 1.00 bits per heavy atom. The van der Waals surface area contributed by atoms with Gasteiger partial charge in [0.05, 0.1) is 25.4 Å². The first-order valence-electron chi connectivity index (χ1n) is 6.46. The summed E-state index contributed by atoms with van der Waals surface area (Å²) >= 11 is 0. The van der Waals surface area contributed by atoms with Gasteiger partial charge in [-0.05, 0) is 12.8 Å². The molecule has 5 nitrogen and oxygen atoms in total. The Morgan fingerprint density at radius 3 is 2.00 bits per heavy atom. The SMILES string of the molecule is OCC1(C2(O)CCC3(CC2)OCCO3)CNC1. The van der Waals surface area contributed by atoms with Gasteiger partial charge in [-0.1, -0.05) is 0 Å². The zero-order valence-electron chi connectivity index (χ0n) is 10.1. The molecule has 5 heteroatoms. The second-order valence-corrected chi connectivity index (χ2v) is 5.68. The van der Waals surface area contributed by atoms with Crippen LogP contribution in [0.5, 0.6) is 0 Å². The third-order valence-electron chi connectivity index (χ3n) is 4.87. The monoisotopic (exact) mass is 243 g/mol. The predicted molar refractivity (Wildman–Crippen MR) is 60.4 cm³/mol. The Labute approximate surface area is 101 Å². The van der Waals surface area contributed by atoms with Crippen molar-refractivity contribution in [2.75, 3.05) is 32.9 Å². The van der Waals surface area contributed by atoms with Gasteiger partial charge in [0, 0.05) is 31.3 Å². The Balaban J connectivity index is 1.70. The zero-order chi connectivity index (χ0) is 12.0. The first kappa shape index (κ1) is 11.9. The summed E-state index contributed by atoms with van der Waals surface area (Å²) in [7, 11) is 0. The summed E-state index contributed by atoms with van der Waals surface area (Å²) in [6, 6.07) is 0. The van der Waals surface area contributed by atoms with E-state index in [1.165, 1.54) is 0 Å². The highest BCUT2D eigenvalue weighted by Crippen LogP contribution is 2.49. The van der Waals surface area contributed by atoms with Gasteiger partial charge < -0.3 is 25.0 Å². The molecule has 2 aliphatic heterocycles. The number of aliphatic hydroxyl groups excluding tert-OH is 1. The number of nitrogens with one attached hydrogen (secondary N) is 1. The topological polar surface area (TPSA) is 71.0 Å². The van der Waals surface area contributed by atoms with Crippen molar-refractivity contribution in [3.05, 3.63) is 0 Å². The second-order valence-electron chi connectivity index (χ2n) is 5.68. The lowest BCUT2D eigenvalue weighted by Crippen LogP contribution is -2.69. The van der Waals surface area contributed by atoms with E-state index in [1.807, 2.05) is 0 Å². The van der Waals surface area contributed by atoms with Gasteiger partial charge in [0.15, 0.2) is 5.79 Å². The fourth-order valence-corrected chi connectivity index (χ4v) is 3.38. The van der Waals surface area contributed by atoms with Crippen molar-refractivity contribution in [3.8, 4) is 0 Å². The van der Waals surface area contributed by atoms with Crippen molar-refractivity contribution in [1.29, 1.82) is 0 Å². The van der Waals surface area contributed by atoms with Crippen LogP contribution in [0.1, 0.15) is 25.7 Å². The second kappa shape index (κ2) is 3.90. The van der Waals surface area contributed by atoms with E-state index in [-0.39, 0.29) is 12.0 Å². The average Bonchev–Trinajstić information content (AvgIpc) is 2.72. The van der Waals surface area contributed by atoms with Crippen molar-refractivity contribution in [2.45, 2.75) is 37.1 Å². The molecule has 0 aromatic heterocycles. The molecule has 1 aliphatic carbocycles. The van der Waals surface area contributed by atoms with E-state index in [0.29, 0.717) is 39.1 Å². The maximum Gasteiger partial charge on any atom is 0.168 e. The Bertz CT molecular complexity index is 281. The molecule has 0 bridgehead atoms. The summed E-state index contributed by atoms with van der Waals surface area (Å²) in [6.45, 7) is 2.77. The van der Waals surface area contributed by atoms with E-state index in [1.54, 1.807) is 0 Å². The summed E-state index contributed by atoms with van der Waals surface area (Å²) in [5.41, 5.74) is -1.12. The van der Waals surface area contributed by atoms with E-state index >= 15 is 0 Å². The molecule has 0 amide bonds. The molecule has 2 saturated heterocycles. The minimum Gasteiger partial charge on any atom is -0.396 e. The lowest BCUT2D eigenvalue weighted by molar-refractivity contribution is -0.233. The van der Waals surface area contributed by atoms with E-state index in [0.717, 1.165) is 12.8 Å². The van der Waals surface area contributed by atoms with Crippen LogP contribution in [0, 0.1) is 5.41 Å². The molecule has 3 fully saturated rings. The molecule has 3 N–H and O–H groups in total. The van der Waals surface area contributed by atoms with Gasteiger partial charge in [0.2, 0.25) is 0 Å². The molecular formula is C12H21NO4. The largest absolute Gasteiger partial charge is 0.396 e. The third kappa shape index (κ3) is 1.64. The van der Waals surface area contributed by atoms with Gasteiger partial charge in [-0.3, -0.25) is 0 Å². The quantitative estimate of drug-likeness (QED) is 0.616. The molecule has 3 rings (SSSR count). The van der Waals surface area contributed by atoms with Crippen molar-refractivity contribution in [1.82, 2.24) is 5.32 Å². The molecule has 17 heavy (non-hydrogen) atoms. The molecule has 0 atom stereocenters. The smallest absolute Gasteiger partial charge is 0.168 e. The van der Waals surface area contributed by atoms with Crippen molar-refractivity contribution < 1.29 is 19.7 Å². The summed E-state index contributed by atoms with van der Waals surface area (Å²) in [4.78, 5) is 0. The summed E-state index contributed by atoms with van der Waals surface area (Å²) in [5, 5.41) is 23.5. The van der Waals surface area contributed by atoms with Crippen LogP contribution >= 0.6 is 0 Å². The molecule has 3 aliphatic rings. The van der Waals surface area contributed by atoms with Crippen LogP contribution in [0.2, 0.25) is 0 Å². The summed E-state index contributed by atoms with van der Waals surface area (Å²) in [6.07, 6.45) is 2.75. The summed E-state index contributed by atoms with van der Waals surface area (Å²) in [5.74, 6) is -0.444. The Kier molecular flexibility index (Phi) is 2.72. The average molecular weight is 243 g/mol. The van der Waals surface area contributed by atoms with Gasteiger partial charge >= 0.3 is 0 Å². The van der Waals surface area contributed by atoms with Crippen molar-refractivity contribution >= 4 is 0 Å². The minimum atomic E-state index is -0.770. The molecule has 1 saturated carbocycles. The lowest BCUT2D eigenvalue weighted by atomic mass is 9.61. The van der Waals surface area contributed by atoms with Gasteiger partial charge in [0.1, 0.15) is 0 Å². The van der Waals surface area contributed by atoms with Crippen LogP contribution < -0.4 is 5.32 Å². The van der Waals surface area contributed by atoms with Gasteiger partial charge in [-0.2, -0.15) is 0 Å². The number of aliphatic hydroxyl groups is 2. The van der Waals surface area contributed by atoms with E-state index in [2.05, 4.69) is 5.32 Å². The maximum absolute atomic E-state index is 10.8. The fourth-order valence-electron chi connectivity index (χ4n) is 3.38. The van der Waals surface area contributed by atoms with Crippen LogP contribution in [0.25, 0.3) is 0 Å². The fraction of sp³-hybridized carbons (Fsp3) is 1.00. The number of hydrogen-bond acceptors (Lipinski definition) is 5. The molecule has 1 spiro atoms. The molecule has 0 aromatic rings. The first-order valence-corrected chi connectivity index (χ1v) is 6.46. The standard InChI is InChI=1S/C12H21NO4/c14-9-10(7-13-8-10)11(15)1-3-12(4-2-11)16-5-6-17-12/h13-15H,1-9H2. The van der Waals surface area contributed by atoms with E-state index in [9.17, 15) is 10.2 Å². The van der Waals surface area contributed by atoms with E-state index in [4.69, 9.17) is 9.47 Å². The number of hydrogen-bond donors (Lipinski definition) is 3. The van der Waals surface area contributed by atoms with Crippen LogP contribution in [-0.2, 0) is 9.47 Å². The van der Waals surface area contributed by atoms with Crippen molar-refractivity contribution in [3.63, 3.8) is 0 Å². The highest BCUT2D eigenvalue weighted by molar-refractivity contribution is 5.09. The minimum absolute atomic E-state index is 0.0468. The molecule has 0 aromatic carbocycles. The number of ether oxygens (including phenoxy) is 2. The van der Waals surface area contributed by atoms with Crippen LogP contribution in [0.3, 0.4) is 0 Å². The normalized spacial score (nSPS) is 33.5. The van der Waals surface area contributed by atoms with Crippen LogP contribution in [-0.4, -0.2) is 54.5 Å². The maximum atomic E-state index is 10.8. The highest BCUT2D eigenvalue weighted by Gasteiger charge is 2.57. The van der Waals surface area contributed by atoms with Crippen LogP contribution in [0.4, 0.5) is 0 Å². The van der Waals surface area contributed by atoms with Gasteiger partial charge in [0.25, 0.3) is 0 Å². The van der Waals surface area contributed by atoms with Gasteiger partial charge in [-0.25, -0.2) is 0 Å². The third-order valence-corrected chi connectivity index (χ3v) is 4.87. The molecule has 98 valence electrons. The molecule has 0 unspecified atom stereocenters. The lowest BCUT2D eigenvalue weighted by Gasteiger charge is -2.55. The molecular weight excluding hydrogens is 222 g/mol. The Hall–Kier alpha value is -0.200. The highest BCUT2D eigenvalue weighted by atomic mass is 16.7. The predicted octanol–water partition coefficient (Wildman–Crippen LogP) is -0.383. The van der Waals surface area contributed by atoms with Gasteiger partial charge in [-0.15, -0.1) is 0 Å². The summed E-state index contributed by atoms with van der Waals surface area (Å²) < 4.78 is 11.3. The first-order chi connectivity index (χ1) is 8.14. The van der Waals surface area contributed by atoms with E-state index < -0.39 is 11.4 Å². The van der Waals surface area contributed by atoms with Crippen LogP contribution in [0.15, 0.2) is 0 Å². The zero-order valence-corrected chi connectivity index (χ0v) is 10.1. The molecule has 2 heterocycles. The molecule has 0 radical (unpaired) electrons.